The zero-order valence-electron chi connectivity index (χ0n) is 12.0. The van der Waals surface area contributed by atoms with Gasteiger partial charge in [-0.2, -0.15) is 0 Å². The van der Waals surface area contributed by atoms with Crippen LogP contribution < -0.4 is 10.6 Å². The summed E-state index contributed by atoms with van der Waals surface area (Å²) < 4.78 is 0. The van der Waals surface area contributed by atoms with Crippen molar-refractivity contribution in [3.05, 3.63) is 0 Å². The van der Waals surface area contributed by atoms with Gasteiger partial charge in [0, 0.05) is 13.1 Å². The monoisotopic (exact) mass is 270 g/mol. The molecule has 1 unspecified atom stereocenters. The van der Waals surface area contributed by atoms with Gasteiger partial charge in [-0.05, 0) is 18.8 Å². The van der Waals surface area contributed by atoms with Gasteiger partial charge in [0.1, 0.15) is 0 Å². The van der Waals surface area contributed by atoms with Gasteiger partial charge >= 0.3 is 12.0 Å². The van der Waals surface area contributed by atoms with Crippen molar-refractivity contribution in [3.63, 3.8) is 0 Å². The summed E-state index contributed by atoms with van der Waals surface area (Å²) in [5.74, 6) is -0.344. The third kappa shape index (κ3) is 4.73. The lowest BCUT2D eigenvalue weighted by Gasteiger charge is -2.33. The number of hydrogen-bond acceptors (Lipinski definition) is 2. The third-order valence-electron chi connectivity index (χ3n) is 4.16. The van der Waals surface area contributed by atoms with Crippen molar-refractivity contribution in [1.82, 2.24) is 10.6 Å². The first-order valence-corrected chi connectivity index (χ1v) is 7.25. The van der Waals surface area contributed by atoms with Gasteiger partial charge in [-0.15, -0.1) is 0 Å². The minimum atomic E-state index is -0.783. The second-order valence-corrected chi connectivity index (χ2v) is 5.72. The van der Waals surface area contributed by atoms with Gasteiger partial charge in [0.25, 0.3) is 0 Å². The molecule has 19 heavy (non-hydrogen) atoms. The van der Waals surface area contributed by atoms with Gasteiger partial charge in [-0.25, -0.2) is 4.79 Å². The van der Waals surface area contributed by atoms with Crippen molar-refractivity contribution in [3.8, 4) is 0 Å². The van der Waals surface area contributed by atoms with Crippen LogP contribution in [0.4, 0.5) is 4.79 Å². The van der Waals surface area contributed by atoms with E-state index in [0.29, 0.717) is 25.3 Å². The Hall–Kier alpha value is -1.26. The fraction of sp³-hybridized carbons (Fsp3) is 0.857. The Kier molecular flexibility index (Phi) is 6.12. The standard InChI is InChI=1S/C14H26N2O3/c1-3-11(2)9-15-13(19)16-10-14(12(17)18)7-5-4-6-8-14/h11H,3-10H2,1-2H3,(H,17,18)(H2,15,16,19). The van der Waals surface area contributed by atoms with Crippen LogP contribution in [0.3, 0.4) is 0 Å². The number of carboxylic acids is 1. The molecule has 5 nitrogen and oxygen atoms in total. The number of amides is 2. The molecule has 1 rings (SSSR count). The highest BCUT2D eigenvalue weighted by atomic mass is 16.4. The Morgan fingerprint density at radius 1 is 1.21 bits per heavy atom. The van der Waals surface area contributed by atoms with Gasteiger partial charge in [-0.3, -0.25) is 4.79 Å². The number of carbonyl (C=O) groups is 2. The molecule has 1 aliphatic carbocycles. The smallest absolute Gasteiger partial charge is 0.314 e. The van der Waals surface area contributed by atoms with E-state index in [0.717, 1.165) is 25.7 Å². The number of rotatable bonds is 6. The van der Waals surface area contributed by atoms with Crippen LogP contribution in [-0.4, -0.2) is 30.2 Å². The van der Waals surface area contributed by atoms with Gasteiger partial charge in [0.15, 0.2) is 0 Å². The van der Waals surface area contributed by atoms with Crippen molar-refractivity contribution in [2.75, 3.05) is 13.1 Å². The van der Waals surface area contributed by atoms with Gasteiger partial charge in [-0.1, -0.05) is 39.5 Å². The Morgan fingerprint density at radius 3 is 2.37 bits per heavy atom. The number of carboxylic acid groups (broad SMARTS) is 1. The molecule has 0 aromatic heterocycles. The molecule has 1 saturated carbocycles. The number of nitrogens with one attached hydrogen (secondary N) is 2. The molecule has 2 amide bonds. The molecule has 3 N–H and O–H groups in total. The molecule has 1 fully saturated rings. The first kappa shape index (κ1) is 15.8. The van der Waals surface area contributed by atoms with E-state index in [4.69, 9.17) is 0 Å². The second kappa shape index (κ2) is 7.36. The number of carbonyl (C=O) groups excluding carboxylic acids is 1. The Morgan fingerprint density at radius 2 is 1.84 bits per heavy atom. The Balaban J connectivity index is 2.39. The fourth-order valence-corrected chi connectivity index (χ4v) is 2.42. The van der Waals surface area contributed by atoms with Crippen LogP contribution >= 0.6 is 0 Å². The van der Waals surface area contributed by atoms with Crippen molar-refractivity contribution in [2.45, 2.75) is 52.4 Å². The average Bonchev–Trinajstić information content (AvgIpc) is 2.43. The highest BCUT2D eigenvalue weighted by Crippen LogP contribution is 2.35. The quantitative estimate of drug-likeness (QED) is 0.693. The van der Waals surface area contributed by atoms with E-state index in [2.05, 4.69) is 24.5 Å². The predicted molar refractivity (Wildman–Crippen MR) is 74.0 cm³/mol. The first-order valence-electron chi connectivity index (χ1n) is 7.25. The van der Waals surface area contributed by atoms with Crippen LogP contribution in [-0.2, 0) is 4.79 Å². The van der Waals surface area contributed by atoms with Crippen LogP contribution in [0.5, 0.6) is 0 Å². The summed E-state index contributed by atoms with van der Waals surface area (Å²) in [6.07, 6.45) is 5.29. The number of aliphatic carboxylic acids is 1. The van der Waals surface area contributed by atoms with Crippen molar-refractivity contribution >= 4 is 12.0 Å². The number of urea groups is 1. The Bertz CT molecular complexity index is 312. The second-order valence-electron chi connectivity index (χ2n) is 5.72. The first-order chi connectivity index (χ1) is 9.00. The molecule has 0 saturated heterocycles. The maximum Gasteiger partial charge on any atom is 0.314 e. The van der Waals surface area contributed by atoms with Crippen LogP contribution in [0.15, 0.2) is 0 Å². The molecule has 0 bridgehead atoms. The van der Waals surface area contributed by atoms with E-state index in [-0.39, 0.29) is 12.6 Å². The maximum atomic E-state index is 11.7. The summed E-state index contributed by atoms with van der Waals surface area (Å²) in [6.45, 7) is 5.00. The fourth-order valence-electron chi connectivity index (χ4n) is 2.42. The van der Waals surface area contributed by atoms with E-state index >= 15 is 0 Å². The lowest BCUT2D eigenvalue weighted by atomic mass is 9.74. The van der Waals surface area contributed by atoms with Crippen LogP contribution in [0, 0.1) is 11.3 Å². The van der Waals surface area contributed by atoms with E-state index in [1.54, 1.807) is 0 Å². The normalized spacial score (nSPS) is 19.5. The summed E-state index contributed by atoms with van der Waals surface area (Å²) in [7, 11) is 0. The summed E-state index contributed by atoms with van der Waals surface area (Å²) in [5.41, 5.74) is -0.758. The minimum absolute atomic E-state index is 0.231. The molecule has 1 aliphatic rings. The Labute approximate surface area is 115 Å². The SMILES string of the molecule is CCC(C)CNC(=O)NCC1(C(=O)O)CCCCC1. The van der Waals surface area contributed by atoms with Crippen LogP contribution in [0.25, 0.3) is 0 Å². The average molecular weight is 270 g/mol. The molecule has 1 atom stereocenters. The summed E-state index contributed by atoms with van der Waals surface area (Å²) in [5, 5.41) is 14.9. The van der Waals surface area contributed by atoms with Crippen molar-refractivity contribution in [2.24, 2.45) is 11.3 Å². The minimum Gasteiger partial charge on any atom is -0.481 e. The van der Waals surface area contributed by atoms with Gasteiger partial charge < -0.3 is 15.7 Å². The highest BCUT2D eigenvalue weighted by Gasteiger charge is 2.39. The molecule has 110 valence electrons. The van der Waals surface area contributed by atoms with E-state index < -0.39 is 11.4 Å². The van der Waals surface area contributed by atoms with Crippen LogP contribution in [0.2, 0.25) is 0 Å². The van der Waals surface area contributed by atoms with Crippen molar-refractivity contribution in [1.29, 1.82) is 0 Å². The summed E-state index contributed by atoms with van der Waals surface area (Å²) in [6, 6.07) is -0.258. The molecule has 0 radical (unpaired) electrons. The van der Waals surface area contributed by atoms with Crippen LogP contribution in [0.1, 0.15) is 52.4 Å². The van der Waals surface area contributed by atoms with Crippen molar-refractivity contribution < 1.29 is 14.7 Å². The lowest BCUT2D eigenvalue weighted by molar-refractivity contribution is -0.150. The molecular weight excluding hydrogens is 244 g/mol. The summed E-state index contributed by atoms with van der Waals surface area (Å²) in [4.78, 5) is 23.1. The van der Waals surface area contributed by atoms with E-state index in [1.165, 1.54) is 0 Å². The lowest BCUT2D eigenvalue weighted by Crippen LogP contribution is -2.47. The largest absolute Gasteiger partial charge is 0.481 e. The topological polar surface area (TPSA) is 78.4 Å². The zero-order valence-corrected chi connectivity index (χ0v) is 12.0. The van der Waals surface area contributed by atoms with E-state index in [9.17, 15) is 14.7 Å². The predicted octanol–water partition coefficient (Wildman–Crippen LogP) is 2.37. The molecule has 0 spiro atoms. The molecule has 0 aromatic rings. The maximum absolute atomic E-state index is 11.7. The summed E-state index contributed by atoms with van der Waals surface area (Å²) >= 11 is 0. The molecule has 0 aromatic carbocycles. The zero-order chi connectivity index (χ0) is 14.3. The van der Waals surface area contributed by atoms with Gasteiger partial charge in [0.05, 0.1) is 5.41 Å². The molecular formula is C14H26N2O3. The number of hydrogen-bond donors (Lipinski definition) is 3. The van der Waals surface area contributed by atoms with Gasteiger partial charge in [0.2, 0.25) is 0 Å². The highest BCUT2D eigenvalue weighted by molar-refractivity contribution is 5.78. The molecule has 0 heterocycles. The molecule has 0 aliphatic heterocycles. The van der Waals surface area contributed by atoms with E-state index in [1.807, 2.05) is 0 Å². The third-order valence-corrected chi connectivity index (χ3v) is 4.16. The molecule has 5 heteroatoms.